The number of carbonyl (C=O) groups excluding carboxylic acids is 1. The summed E-state index contributed by atoms with van der Waals surface area (Å²) in [5, 5.41) is 10.9. The fraction of sp³-hybridized carbons (Fsp3) is 0.750. The van der Waals surface area contributed by atoms with Gasteiger partial charge in [0.25, 0.3) is 0 Å². The van der Waals surface area contributed by atoms with E-state index in [2.05, 4.69) is 15.5 Å². The van der Waals surface area contributed by atoms with Crippen molar-refractivity contribution in [3.05, 3.63) is 5.82 Å². The van der Waals surface area contributed by atoms with Gasteiger partial charge in [-0.15, -0.1) is 5.10 Å². The monoisotopic (exact) mass is 182 g/mol. The largest absolute Gasteiger partial charge is 0.299 e. The van der Waals surface area contributed by atoms with Crippen LogP contribution in [-0.2, 0) is 18.3 Å². The van der Waals surface area contributed by atoms with Crippen LogP contribution < -0.4 is 0 Å². The predicted octanol–water partition coefficient (Wildman–Crippen LogP) is 0.368. The van der Waals surface area contributed by atoms with Crippen LogP contribution in [0.3, 0.4) is 0 Å². The topological polar surface area (TPSA) is 60.7 Å². The van der Waals surface area contributed by atoms with Gasteiger partial charge in [0.05, 0.1) is 6.42 Å². The molecule has 0 saturated heterocycles. The van der Waals surface area contributed by atoms with E-state index in [0.717, 1.165) is 0 Å². The molecule has 0 saturated carbocycles. The Hall–Kier alpha value is -1.26. The van der Waals surface area contributed by atoms with E-state index < -0.39 is 0 Å². The standard InChI is InChI=1S/C8H14N4O/c1-6(2)4-7(13)5-8-9-10-11-12(8)3/h6H,4-5H2,1-3H3. The van der Waals surface area contributed by atoms with E-state index in [-0.39, 0.29) is 5.78 Å². The van der Waals surface area contributed by atoms with Crippen LogP contribution >= 0.6 is 0 Å². The maximum Gasteiger partial charge on any atom is 0.158 e. The normalized spacial score (nSPS) is 10.8. The van der Waals surface area contributed by atoms with E-state index in [1.165, 1.54) is 4.68 Å². The molecule has 1 rings (SSSR count). The van der Waals surface area contributed by atoms with Crippen LogP contribution in [0.5, 0.6) is 0 Å². The number of rotatable bonds is 4. The van der Waals surface area contributed by atoms with E-state index in [4.69, 9.17) is 0 Å². The second kappa shape index (κ2) is 4.11. The van der Waals surface area contributed by atoms with Crippen LogP contribution in [-0.4, -0.2) is 26.0 Å². The molecule has 1 heterocycles. The zero-order chi connectivity index (χ0) is 9.84. The molecule has 5 nitrogen and oxygen atoms in total. The van der Waals surface area contributed by atoms with Crippen LogP contribution in [0, 0.1) is 5.92 Å². The van der Waals surface area contributed by atoms with Crippen LogP contribution in [0.15, 0.2) is 0 Å². The van der Waals surface area contributed by atoms with Gasteiger partial charge in [-0.05, 0) is 16.3 Å². The predicted molar refractivity (Wildman–Crippen MR) is 47.0 cm³/mol. The highest BCUT2D eigenvalue weighted by Gasteiger charge is 2.10. The first-order valence-electron chi connectivity index (χ1n) is 4.32. The molecule has 1 aromatic rings. The summed E-state index contributed by atoms with van der Waals surface area (Å²) < 4.78 is 1.53. The van der Waals surface area contributed by atoms with Crippen molar-refractivity contribution in [2.75, 3.05) is 0 Å². The number of tetrazole rings is 1. The van der Waals surface area contributed by atoms with Gasteiger partial charge in [-0.3, -0.25) is 4.79 Å². The molecule has 72 valence electrons. The zero-order valence-electron chi connectivity index (χ0n) is 8.19. The first-order chi connectivity index (χ1) is 6.09. The molecular weight excluding hydrogens is 168 g/mol. The number of hydrogen-bond donors (Lipinski definition) is 0. The Morgan fingerprint density at radius 3 is 2.69 bits per heavy atom. The maximum atomic E-state index is 11.4. The average Bonchev–Trinajstić information content (AvgIpc) is 2.34. The maximum absolute atomic E-state index is 11.4. The molecule has 1 aromatic heterocycles. The van der Waals surface area contributed by atoms with Gasteiger partial charge in [0, 0.05) is 13.5 Å². The molecule has 0 aliphatic heterocycles. The van der Waals surface area contributed by atoms with Gasteiger partial charge in [0.1, 0.15) is 5.78 Å². The summed E-state index contributed by atoms with van der Waals surface area (Å²) in [6, 6.07) is 0. The second-order valence-corrected chi connectivity index (χ2v) is 3.53. The Morgan fingerprint density at radius 1 is 1.54 bits per heavy atom. The van der Waals surface area contributed by atoms with Crippen molar-refractivity contribution in [3.63, 3.8) is 0 Å². The Balaban J connectivity index is 2.50. The van der Waals surface area contributed by atoms with Gasteiger partial charge >= 0.3 is 0 Å². The number of ketones is 1. The summed E-state index contributed by atoms with van der Waals surface area (Å²) in [4.78, 5) is 11.4. The number of hydrogen-bond acceptors (Lipinski definition) is 4. The lowest BCUT2D eigenvalue weighted by Crippen LogP contribution is -2.10. The van der Waals surface area contributed by atoms with E-state index in [1.54, 1.807) is 7.05 Å². The van der Waals surface area contributed by atoms with Crippen molar-refractivity contribution in [2.24, 2.45) is 13.0 Å². The van der Waals surface area contributed by atoms with Crippen molar-refractivity contribution in [2.45, 2.75) is 26.7 Å². The lowest BCUT2D eigenvalue weighted by atomic mass is 10.1. The Morgan fingerprint density at radius 2 is 2.23 bits per heavy atom. The molecule has 0 atom stereocenters. The molecule has 0 spiro atoms. The van der Waals surface area contributed by atoms with Gasteiger partial charge in [-0.25, -0.2) is 4.68 Å². The SMILES string of the molecule is CC(C)CC(=O)Cc1nnnn1C. The summed E-state index contributed by atoms with van der Waals surface area (Å²) in [5.74, 6) is 1.22. The Kier molecular flexibility index (Phi) is 3.11. The van der Waals surface area contributed by atoms with Crippen molar-refractivity contribution in [1.82, 2.24) is 20.2 Å². The molecule has 0 radical (unpaired) electrons. The molecule has 0 fully saturated rings. The highest BCUT2D eigenvalue weighted by molar-refractivity contribution is 5.80. The quantitative estimate of drug-likeness (QED) is 0.675. The Bertz CT molecular complexity index is 292. The van der Waals surface area contributed by atoms with Gasteiger partial charge in [0.2, 0.25) is 0 Å². The van der Waals surface area contributed by atoms with Crippen molar-refractivity contribution in [1.29, 1.82) is 0 Å². The zero-order valence-corrected chi connectivity index (χ0v) is 8.19. The molecule has 0 amide bonds. The first kappa shape index (κ1) is 9.83. The number of nitrogens with zero attached hydrogens (tertiary/aromatic N) is 4. The van der Waals surface area contributed by atoms with Crippen LogP contribution in [0.4, 0.5) is 0 Å². The van der Waals surface area contributed by atoms with E-state index in [0.29, 0.717) is 24.6 Å². The number of Topliss-reactive ketones (excluding diaryl/α,β-unsaturated/α-hetero) is 1. The molecule has 0 aliphatic carbocycles. The third-order valence-electron chi connectivity index (χ3n) is 1.70. The van der Waals surface area contributed by atoms with Crippen molar-refractivity contribution >= 4 is 5.78 Å². The molecule has 0 aliphatic rings. The Labute approximate surface area is 77.1 Å². The minimum Gasteiger partial charge on any atom is -0.299 e. The highest BCUT2D eigenvalue weighted by atomic mass is 16.1. The molecule has 0 aromatic carbocycles. The van der Waals surface area contributed by atoms with Crippen molar-refractivity contribution in [3.8, 4) is 0 Å². The molecular formula is C8H14N4O. The first-order valence-corrected chi connectivity index (χ1v) is 4.32. The van der Waals surface area contributed by atoms with Crippen LogP contribution in [0.25, 0.3) is 0 Å². The number of carbonyl (C=O) groups is 1. The van der Waals surface area contributed by atoms with E-state index in [9.17, 15) is 4.79 Å². The summed E-state index contributed by atoms with van der Waals surface area (Å²) in [6.45, 7) is 4.04. The molecule has 0 bridgehead atoms. The third kappa shape index (κ3) is 2.93. The molecule has 0 unspecified atom stereocenters. The fourth-order valence-electron chi connectivity index (χ4n) is 1.10. The minimum atomic E-state index is 0.188. The second-order valence-electron chi connectivity index (χ2n) is 3.53. The summed E-state index contributed by atoms with van der Waals surface area (Å²) >= 11 is 0. The van der Waals surface area contributed by atoms with Gasteiger partial charge in [-0.1, -0.05) is 13.8 Å². The lowest BCUT2D eigenvalue weighted by Gasteiger charge is -2.01. The summed E-state index contributed by atoms with van der Waals surface area (Å²) in [5.41, 5.74) is 0. The average molecular weight is 182 g/mol. The van der Waals surface area contributed by atoms with E-state index >= 15 is 0 Å². The molecule has 5 heteroatoms. The lowest BCUT2D eigenvalue weighted by molar-refractivity contribution is -0.119. The van der Waals surface area contributed by atoms with Gasteiger partial charge in [-0.2, -0.15) is 0 Å². The molecule has 13 heavy (non-hydrogen) atoms. The summed E-state index contributed by atoms with van der Waals surface area (Å²) in [6.07, 6.45) is 0.925. The molecule has 0 N–H and O–H groups in total. The highest BCUT2D eigenvalue weighted by Crippen LogP contribution is 2.03. The third-order valence-corrected chi connectivity index (χ3v) is 1.70. The minimum absolute atomic E-state index is 0.188. The number of aromatic nitrogens is 4. The van der Waals surface area contributed by atoms with Crippen LogP contribution in [0.2, 0.25) is 0 Å². The smallest absolute Gasteiger partial charge is 0.158 e. The number of aryl methyl sites for hydroxylation is 1. The van der Waals surface area contributed by atoms with Gasteiger partial charge < -0.3 is 0 Å². The van der Waals surface area contributed by atoms with Crippen molar-refractivity contribution < 1.29 is 4.79 Å². The summed E-state index contributed by atoms with van der Waals surface area (Å²) in [7, 11) is 1.73. The van der Waals surface area contributed by atoms with Gasteiger partial charge in [0.15, 0.2) is 5.82 Å². The van der Waals surface area contributed by atoms with E-state index in [1.807, 2.05) is 13.8 Å². The fourth-order valence-corrected chi connectivity index (χ4v) is 1.10. The van der Waals surface area contributed by atoms with Crippen LogP contribution in [0.1, 0.15) is 26.1 Å².